The molecule has 3 aromatic heterocycles. The summed E-state index contributed by atoms with van der Waals surface area (Å²) < 4.78 is 67.8. The van der Waals surface area contributed by atoms with Crippen molar-refractivity contribution >= 4 is 41.0 Å². The van der Waals surface area contributed by atoms with Crippen LogP contribution < -0.4 is 26.2 Å². The van der Waals surface area contributed by atoms with Crippen molar-refractivity contribution < 1.29 is 36.3 Å². The number of amides is 2. The zero-order valence-corrected chi connectivity index (χ0v) is 24.1. The summed E-state index contributed by atoms with van der Waals surface area (Å²) in [5.74, 6) is -6.94. The van der Waals surface area contributed by atoms with Gasteiger partial charge in [-0.1, -0.05) is 11.6 Å². The number of hydrogen-bond acceptors (Lipinski definition) is 8. The largest absolute Gasteiger partial charge is 0.618 e. The first kappa shape index (κ1) is 33.5. The number of anilines is 1. The van der Waals surface area contributed by atoms with Crippen molar-refractivity contribution in [2.75, 3.05) is 17.6 Å². The molecule has 0 radical (unpaired) electrons. The fourth-order valence-corrected chi connectivity index (χ4v) is 4.71. The molecule has 3 heterocycles. The summed E-state index contributed by atoms with van der Waals surface area (Å²) in [4.78, 5) is 45.2. The predicted molar refractivity (Wildman–Crippen MR) is 146 cm³/mol. The van der Waals surface area contributed by atoms with E-state index in [4.69, 9.17) is 11.6 Å². The number of alkyl halides is 5. The van der Waals surface area contributed by atoms with E-state index >= 15 is 0 Å². The number of rotatable bonds is 12. The highest BCUT2D eigenvalue weighted by Gasteiger charge is 2.41. The molecule has 0 unspecified atom stereocenters. The van der Waals surface area contributed by atoms with Crippen molar-refractivity contribution in [1.29, 1.82) is 0 Å². The average molecular weight is 650 g/mol. The summed E-state index contributed by atoms with van der Waals surface area (Å²) in [5.41, 5.74) is -2.70. The molecule has 0 atom stereocenters. The molecular formula is C25H25ClF5N7O4S. The standard InChI is InChI=1S/C25H25ClF5N7O4S/c1-23(2,36-22(41)25(29,30)31)14-43-16-6-5-8-32-15(16)10-33-19(39)12-37-18(26)11-34-20(21(37)40)35-13-24(27,28)17-7-3-4-9-38(17)42/h3-9,11H,10,12-14H2,1-2H3,(H,33,39)(H,34,35)(H,36,41). The number of halogens is 6. The highest BCUT2D eigenvalue weighted by Crippen LogP contribution is 2.27. The number of pyridine rings is 2. The molecule has 0 aliphatic heterocycles. The Morgan fingerprint density at radius 1 is 1.12 bits per heavy atom. The van der Waals surface area contributed by atoms with Crippen molar-refractivity contribution in [3.8, 4) is 0 Å². The molecule has 18 heteroatoms. The van der Waals surface area contributed by atoms with Crippen LogP contribution in [0.2, 0.25) is 5.15 Å². The first-order chi connectivity index (χ1) is 20.0. The molecule has 43 heavy (non-hydrogen) atoms. The van der Waals surface area contributed by atoms with Gasteiger partial charge in [-0.15, -0.1) is 11.8 Å². The van der Waals surface area contributed by atoms with Gasteiger partial charge in [0.1, 0.15) is 11.7 Å². The number of hydrogen-bond donors (Lipinski definition) is 3. The van der Waals surface area contributed by atoms with Crippen LogP contribution >= 0.6 is 23.4 Å². The van der Waals surface area contributed by atoms with Gasteiger partial charge in [0.25, 0.3) is 11.3 Å². The summed E-state index contributed by atoms with van der Waals surface area (Å²) >= 11 is 7.13. The van der Waals surface area contributed by atoms with Crippen LogP contribution in [0.4, 0.5) is 27.8 Å². The Morgan fingerprint density at radius 3 is 2.51 bits per heavy atom. The lowest BCUT2D eigenvalue weighted by molar-refractivity contribution is -0.624. The van der Waals surface area contributed by atoms with E-state index in [0.29, 0.717) is 10.6 Å². The summed E-state index contributed by atoms with van der Waals surface area (Å²) in [6.07, 6.45) is -1.71. The van der Waals surface area contributed by atoms with Crippen LogP contribution in [0.1, 0.15) is 25.2 Å². The van der Waals surface area contributed by atoms with Crippen molar-refractivity contribution in [2.45, 2.75) is 49.5 Å². The molecule has 3 aromatic rings. The van der Waals surface area contributed by atoms with E-state index in [0.717, 1.165) is 34.8 Å². The van der Waals surface area contributed by atoms with Gasteiger partial charge in [-0.3, -0.25) is 23.9 Å². The van der Waals surface area contributed by atoms with Gasteiger partial charge in [-0.25, -0.2) is 4.98 Å². The van der Waals surface area contributed by atoms with E-state index in [2.05, 4.69) is 20.6 Å². The Balaban J connectivity index is 1.63. The van der Waals surface area contributed by atoms with Gasteiger partial charge in [-0.05, 0) is 32.0 Å². The van der Waals surface area contributed by atoms with Gasteiger partial charge < -0.3 is 21.2 Å². The second-order valence-corrected chi connectivity index (χ2v) is 11.0. The summed E-state index contributed by atoms with van der Waals surface area (Å²) in [5, 5.41) is 18.1. The van der Waals surface area contributed by atoms with E-state index < -0.39 is 59.6 Å². The topological polar surface area (TPSA) is 145 Å². The summed E-state index contributed by atoms with van der Waals surface area (Å²) in [7, 11) is 0. The lowest BCUT2D eigenvalue weighted by atomic mass is 10.1. The molecule has 0 saturated heterocycles. The van der Waals surface area contributed by atoms with Gasteiger partial charge in [0.05, 0.1) is 25.0 Å². The van der Waals surface area contributed by atoms with Gasteiger partial charge in [0, 0.05) is 34.5 Å². The second kappa shape index (κ2) is 13.5. The second-order valence-electron chi connectivity index (χ2n) is 9.64. The smallest absolute Gasteiger partial charge is 0.471 e. The minimum atomic E-state index is -5.03. The highest BCUT2D eigenvalue weighted by molar-refractivity contribution is 7.99. The molecule has 0 fully saturated rings. The molecule has 0 spiro atoms. The third kappa shape index (κ3) is 9.25. The Hall–Kier alpha value is -3.99. The number of carbonyl (C=O) groups excluding carboxylic acids is 2. The zero-order valence-electron chi connectivity index (χ0n) is 22.5. The number of aromatic nitrogens is 4. The summed E-state index contributed by atoms with van der Waals surface area (Å²) in [6, 6.07) is 6.68. The Kier molecular flexibility index (Phi) is 10.6. The van der Waals surface area contributed by atoms with Crippen molar-refractivity contribution in [3.05, 3.63) is 81.0 Å². The van der Waals surface area contributed by atoms with Crippen LogP contribution in [0, 0.1) is 5.21 Å². The maximum absolute atomic E-state index is 14.6. The monoisotopic (exact) mass is 649 g/mol. The normalized spacial score (nSPS) is 12.1. The van der Waals surface area contributed by atoms with Crippen LogP contribution in [-0.4, -0.2) is 50.4 Å². The number of nitrogens with zero attached hydrogens (tertiary/aromatic N) is 4. The highest BCUT2D eigenvalue weighted by atomic mass is 35.5. The fourth-order valence-electron chi connectivity index (χ4n) is 3.47. The number of thioether (sulfide) groups is 1. The molecular weight excluding hydrogens is 625 g/mol. The molecule has 3 N–H and O–H groups in total. The average Bonchev–Trinajstić information content (AvgIpc) is 2.92. The molecule has 3 rings (SSSR count). The Labute approximate surface area is 250 Å². The van der Waals surface area contributed by atoms with E-state index in [-0.39, 0.29) is 22.2 Å². The van der Waals surface area contributed by atoms with E-state index in [9.17, 15) is 41.5 Å². The number of nitrogens with one attached hydrogen (secondary N) is 3. The minimum absolute atomic E-state index is 0.00223. The molecule has 232 valence electrons. The first-order valence-electron chi connectivity index (χ1n) is 12.3. The van der Waals surface area contributed by atoms with Crippen molar-refractivity contribution in [2.24, 2.45) is 0 Å². The first-order valence-corrected chi connectivity index (χ1v) is 13.6. The molecule has 2 amide bonds. The molecule has 0 bridgehead atoms. The zero-order chi connectivity index (χ0) is 32.0. The van der Waals surface area contributed by atoms with E-state index in [1.807, 2.05) is 5.32 Å². The van der Waals surface area contributed by atoms with Crippen LogP contribution in [0.3, 0.4) is 0 Å². The van der Waals surface area contributed by atoms with Crippen LogP contribution in [0.25, 0.3) is 0 Å². The Morgan fingerprint density at radius 2 is 1.84 bits per heavy atom. The molecule has 0 aliphatic carbocycles. The lowest BCUT2D eigenvalue weighted by Gasteiger charge is -2.26. The quantitative estimate of drug-likeness (QED) is 0.118. The third-order valence-electron chi connectivity index (χ3n) is 5.58. The minimum Gasteiger partial charge on any atom is -0.618 e. The predicted octanol–water partition coefficient (Wildman–Crippen LogP) is 2.99. The molecule has 0 aliphatic rings. The third-order valence-corrected chi connectivity index (χ3v) is 7.43. The maximum Gasteiger partial charge on any atom is 0.471 e. The van der Waals surface area contributed by atoms with E-state index in [1.165, 1.54) is 32.2 Å². The van der Waals surface area contributed by atoms with Crippen LogP contribution in [0.5, 0.6) is 0 Å². The molecule has 11 nitrogen and oxygen atoms in total. The summed E-state index contributed by atoms with van der Waals surface area (Å²) in [6.45, 7) is 0.939. The maximum atomic E-state index is 14.6. The lowest BCUT2D eigenvalue weighted by Crippen LogP contribution is -2.50. The fraction of sp³-hybridized carbons (Fsp3) is 0.360. The molecule has 0 aromatic carbocycles. The van der Waals surface area contributed by atoms with Gasteiger partial charge in [0.2, 0.25) is 5.91 Å². The van der Waals surface area contributed by atoms with Crippen molar-refractivity contribution in [1.82, 2.24) is 25.2 Å². The van der Waals surface area contributed by atoms with Gasteiger partial charge >= 0.3 is 18.0 Å². The number of carbonyl (C=O) groups is 2. The van der Waals surface area contributed by atoms with Gasteiger partial charge in [0.15, 0.2) is 12.0 Å². The Bertz CT molecular complexity index is 1540. The SMILES string of the molecule is CC(C)(CSc1cccnc1CNC(=O)Cn1c(Cl)cnc(NCC(F)(F)c2cccc[n+]2[O-])c1=O)NC(=O)C(F)(F)F. The van der Waals surface area contributed by atoms with Crippen LogP contribution in [0.15, 0.2) is 58.6 Å². The van der Waals surface area contributed by atoms with E-state index in [1.54, 1.807) is 12.1 Å². The van der Waals surface area contributed by atoms with Crippen LogP contribution in [-0.2, 0) is 28.6 Å². The molecule has 0 saturated carbocycles. The van der Waals surface area contributed by atoms with Gasteiger partial charge in [-0.2, -0.15) is 26.7 Å². The van der Waals surface area contributed by atoms with Crippen molar-refractivity contribution in [3.63, 3.8) is 0 Å².